The molecule has 0 saturated carbocycles. The standard InChI is InChI=1S/C17H25N3O/c1-13-7-5-6-8-15(13)9-14(2)18-12-17(3,21)16-10-19-20(4)11-16/h5-8,10-11,14,18,21H,9,12H2,1-4H3. The zero-order valence-electron chi connectivity index (χ0n) is 13.3. The van der Waals surface area contributed by atoms with Gasteiger partial charge >= 0.3 is 0 Å². The average Bonchev–Trinajstić information content (AvgIpc) is 2.87. The molecule has 114 valence electrons. The van der Waals surface area contributed by atoms with Gasteiger partial charge in [0.2, 0.25) is 0 Å². The summed E-state index contributed by atoms with van der Waals surface area (Å²) in [5.41, 5.74) is 2.58. The van der Waals surface area contributed by atoms with E-state index in [4.69, 9.17) is 0 Å². The molecule has 0 aliphatic rings. The number of aromatic nitrogens is 2. The van der Waals surface area contributed by atoms with E-state index in [0.717, 1.165) is 12.0 Å². The van der Waals surface area contributed by atoms with Crippen molar-refractivity contribution in [3.05, 3.63) is 53.3 Å². The predicted octanol–water partition coefficient (Wildman–Crippen LogP) is 2.16. The Bertz CT molecular complexity index is 589. The molecule has 4 nitrogen and oxygen atoms in total. The predicted molar refractivity (Wildman–Crippen MR) is 85.1 cm³/mol. The van der Waals surface area contributed by atoms with Crippen LogP contribution < -0.4 is 5.32 Å². The summed E-state index contributed by atoms with van der Waals surface area (Å²) >= 11 is 0. The van der Waals surface area contributed by atoms with Crippen molar-refractivity contribution < 1.29 is 5.11 Å². The number of hydrogen-bond donors (Lipinski definition) is 2. The van der Waals surface area contributed by atoms with E-state index >= 15 is 0 Å². The molecular formula is C17H25N3O. The monoisotopic (exact) mass is 287 g/mol. The minimum absolute atomic E-state index is 0.300. The van der Waals surface area contributed by atoms with Gasteiger partial charge in [-0.15, -0.1) is 0 Å². The summed E-state index contributed by atoms with van der Waals surface area (Å²) in [6, 6.07) is 8.72. The first-order chi connectivity index (χ1) is 9.88. The molecular weight excluding hydrogens is 262 g/mol. The van der Waals surface area contributed by atoms with Crippen molar-refractivity contribution in [3.8, 4) is 0 Å². The first-order valence-corrected chi connectivity index (χ1v) is 7.38. The molecule has 0 spiro atoms. The van der Waals surface area contributed by atoms with Crippen molar-refractivity contribution in [1.29, 1.82) is 0 Å². The van der Waals surface area contributed by atoms with Crippen molar-refractivity contribution in [2.75, 3.05) is 6.54 Å². The third kappa shape index (κ3) is 4.16. The second-order valence-electron chi connectivity index (χ2n) is 6.09. The Balaban J connectivity index is 1.92. The third-order valence-electron chi connectivity index (χ3n) is 3.91. The molecule has 1 aromatic carbocycles. The van der Waals surface area contributed by atoms with Gasteiger partial charge in [-0.1, -0.05) is 24.3 Å². The number of nitrogens with one attached hydrogen (secondary N) is 1. The minimum atomic E-state index is -0.908. The first-order valence-electron chi connectivity index (χ1n) is 7.38. The van der Waals surface area contributed by atoms with Gasteiger partial charge in [-0.2, -0.15) is 5.10 Å². The van der Waals surface area contributed by atoms with Crippen LogP contribution in [0.5, 0.6) is 0 Å². The molecule has 2 N–H and O–H groups in total. The fourth-order valence-corrected chi connectivity index (χ4v) is 2.42. The zero-order valence-corrected chi connectivity index (χ0v) is 13.3. The molecule has 0 aliphatic carbocycles. The summed E-state index contributed by atoms with van der Waals surface area (Å²) in [6.45, 7) is 6.60. The molecule has 0 amide bonds. The van der Waals surface area contributed by atoms with Crippen LogP contribution in [-0.4, -0.2) is 27.5 Å². The van der Waals surface area contributed by atoms with Gasteiger partial charge in [0.05, 0.1) is 6.20 Å². The number of aliphatic hydroxyl groups is 1. The Labute approximate surface area is 126 Å². The van der Waals surface area contributed by atoms with Crippen molar-refractivity contribution in [2.45, 2.75) is 38.8 Å². The quantitative estimate of drug-likeness (QED) is 0.856. The number of benzene rings is 1. The SMILES string of the molecule is Cc1ccccc1CC(C)NCC(C)(O)c1cnn(C)c1. The lowest BCUT2D eigenvalue weighted by Crippen LogP contribution is -2.40. The number of aryl methyl sites for hydroxylation is 2. The van der Waals surface area contributed by atoms with Crippen LogP contribution >= 0.6 is 0 Å². The molecule has 0 aliphatic heterocycles. The Morgan fingerprint density at radius 1 is 1.38 bits per heavy atom. The summed E-state index contributed by atoms with van der Waals surface area (Å²) in [5, 5.41) is 18.1. The van der Waals surface area contributed by atoms with Crippen LogP contribution in [0.3, 0.4) is 0 Å². The fraction of sp³-hybridized carbons (Fsp3) is 0.471. The topological polar surface area (TPSA) is 50.1 Å². The van der Waals surface area contributed by atoms with Crippen LogP contribution in [0.1, 0.15) is 30.5 Å². The normalized spacial score (nSPS) is 15.7. The lowest BCUT2D eigenvalue weighted by atomic mass is 9.98. The highest BCUT2D eigenvalue weighted by Crippen LogP contribution is 2.19. The van der Waals surface area contributed by atoms with E-state index in [-0.39, 0.29) is 0 Å². The van der Waals surface area contributed by atoms with Crippen molar-refractivity contribution in [2.24, 2.45) is 7.05 Å². The number of hydrogen-bond acceptors (Lipinski definition) is 3. The van der Waals surface area contributed by atoms with E-state index in [1.807, 2.05) is 20.2 Å². The molecule has 0 radical (unpaired) electrons. The summed E-state index contributed by atoms with van der Waals surface area (Å²) in [5.74, 6) is 0. The average molecular weight is 287 g/mol. The van der Waals surface area contributed by atoms with Gasteiger partial charge < -0.3 is 10.4 Å². The largest absolute Gasteiger partial charge is 0.384 e. The second kappa shape index (κ2) is 6.41. The van der Waals surface area contributed by atoms with Gasteiger partial charge in [0.25, 0.3) is 0 Å². The molecule has 4 heteroatoms. The van der Waals surface area contributed by atoms with Crippen molar-refractivity contribution >= 4 is 0 Å². The van der Waals surface area contributed by atoms with Crippen LogP contribution in [0.25, 0.3) is 0 Å². The maximum Gasteiger partial charge on any atom is 0.102 e. The van der Waals surface area contributed by atoms with Gasteiger partial charge in [0.1, 0.15) is 5.60 Å². The van der Waals surface area contributed by atoms with E-state index in [0.29, 0.717) is 12.6 Å². The Morgan fingerprint density at radius 3 is 2.71 bits per heavy atom. The fourth-order valence-electron chi connectivity index (χ4n) is 2.42. The van der Waals surface area contributed by atoms with Gasteiger partial charge in [0.15, 0.2) is 0 Å². The molecule has 2 rings (SSSR count). The molecule has 2 unspecified atom stereocenters. The van der Waals surface area contributed by atoms with Gasteiger partial charge in [-0.25, -0.2) is 0 Å². The van der Waals surface area contributed by atoms with Crippen LogP contribution in [0, 0.1) is 6.92 Å². The van der Waals surface area contributed by atoms with Crippen LogP contribution in [0.4, 0.5) is 0 Å². The molecule has 2 atom stereocenters. The number of nitrogens with zero attached hydrogens (tertiary/aromatic N) is 2. The maximum absolute atomic E-state index is 10.6. The summed E-state index contributed by atoms with van der Waals surface area (Å²) in [6.07, 6.45) is 4.52. The Kier molecular flexibility index (Phi) is 4.80. The molecule has 1 heterocycles. The van der Waals surface area contributed by atoms with E-state index in [9.17, 15) is 5.11 Å². The van der Waals surface area contributed by atoms with Gasteiger partial charge in [0, 0.05) is 31.4 Å². The highest BCUT2D eigenvalue weighted by atomic mass is 16.3. The first kappa shape index (κ1) is 15.7. The van der Waals surface area contributed by atoms with Crippen molar-refractivity contribution in [3.63, 3.8) is 0 Å². The highest BCUT2D eigenvalue weighted by Gasteiger charge is 2.25. The van der Waals surface area contributed by atoms with Crippen molar-refractivity contribution in [1.82, 2.24) is 15.1 Å². The zero-order chi connectivity index (χ0) is 15.5. The summed E-state index contributed by atoms with van der Waals surface area (Å²) < 4.78 is 1.71. The molecule has 1 aromatic heterocycles. The van der Waals surface area contributed by atoms with Crippen LogP contribution in [-0.2, 0) is 19.1 Å². The minimum Gasteiger partial charge on any atom is -0.384 e. The summed E-state index contributed by atoms with van der Waals surface area (Å²) in [4.78, 5) is 0. The van der Waals surface area contributed by atoms with Crippen LogP contribution in [0.15, 0.2) is 36.7 Å². The van der Waals surface area contributed by atoms with Gasteiger partial charge in [-0.05, 0) is 38.3 Å². The molecule has 0 saturated heterocycles. The number of rotatable bonds is 6. The highest BCUT2D eigenvalue weighted by molar-refractivity contribution is 5.26. The Hall–Kier alpha value is -1.65. The lowest BCUT2D eigenvalue weighted by molar-refractivity contribution is 0.0543. The lowest BCUT2D eigenvalue weighted by Gasteiger charge is -2.25. The van der Waals surface area contributed by atoms with Crippen LogP contribution in [0.2, 0.25) is 0 Å². The summed E-state index contributed by atoms with van der Waals surface area (Å²) in [7, 11) is 1.85. The maximum atomic E-state index is 10.6. The molecule has 0 fully saturated rings. The molecule has 21 heavy (non-hydrogen) atoms. The van der Waals surface area contributed by atoms with E-state index in [2.05, 4.69) is 48.5 Å². The van der Waals surface area contributed by atoms with E-state index < -0.39 is 5.60 Å². The smallest absolute Gasteiger partial charge is 0.102 e. The van der Waals surface area contributed by atoms with Gasteiger partial charge in [-0.3, -0.25) is 4.68 Å². The third-order valence-corrected chi connectivity index (χ3v) is 3.91. The molecule has 0 bridgehead atoms. The Morgan fingerprint density at radius 2 is 2.10 bits per heavy atom. The molecule has 2 aromatic rings. The van der Waals surface area contributed by atoms with E-state index in [1.54, 1.807) is 10.9 Å². The second-order valence-corrected chi connectivity index (χ2v) is 6.09. The van der Waals surface area contributed by atoms with E-state index in [1.165, 1.54) is 11.1 Å².